The molecule has 1 saturated heterocycles. The molecule has 13 heteroatoms. The van der Waals surface area contributed by atoms with Crippen LogP contribution in [0.5, 0.6) is 0 Å². The van der Waals surface area contributed by atoms with Crippen molar-refractivity contribution >= 4 is 26.3 Å². The van der Waals surface area contributed by atoms with Crippen LogP contribution in [-0.2, 0) is 34.0 Å². The summed E-state index contributed by atoms with van der Waals surface area (Å²) >= 11 is 0. The highest BCUT2D eigenvalue weighted by molar-refractivity contribution is 8.10. The molecule has 0 amide bonds. The van der Waals surface area contributed by atoms with Crippen LogP contribution in [0.25, 0.3) is 4.13 Å². The fraction of sp³-hybridized carbons (Fsp3) is 0.909. The monoisotopic (exact) mass is 392 g/mol. The molecule has 3 aliphatic rings. The first-order valence-corrected chi connectivity index (χ1v) is 9.83. The first-order valence-electron chi connectivity index (χ1n) is 7.02. The molecule has 8 nitrogen and oxygen atoms in total. The SMILES string of the molecule is O=C1OCCC12CC1CC2CC1OS(=O)(=O)[N-]S(=O)(=O)C(F)(F)F. The zero-order valence-electron chi connectivity index (χ0n) is 12.0. The quantitative estimate of drug-likeness (QED) is 0.660. The summed E-state index contributed by atoms with van der Waals surface area (Å²) in [5.41, 5.74) is -6.50. The molecule has 0 aromatic carbocycles. The van der Waals surface area contributed by atoms with Gasteiger partial charge in [0.1, 0.15) is 0 Å². The van der Waals surface area contributed by atoms with Crippen LogP contribution in [0.1, 0.15) is 25.7 Å². The third-order valence-electron chi connectivity index (χ3n) is 4.95. The molecule has 2 aliphatic carbocycles. The Morgan fingerprint density at radius 1 is 1.21 bits per heavy atom. The molecule has 0 aromatic heterocycles. The highest BCUT2D eigenvalue weighted by Crippen LogP contribution is 2.60. The Labute approximate surface area is 136 Å². The molecule has 1 spiro atoms. The van der Waals surface area contributed by atoms with Crippen LogP contribution in [0.3, 0.4) is 0 Å². The van der Waals surface area contributed by atoms with E-state index in [1.54, 1.807) is 0 Å². The highest BCUT2D eigenvalue weighted by atomic mass is 32.3. The van der Waals surface area contributed by atoms with Gasteiger partial charge in [-0.2, -0.15) is 13.2 Å². The highest BCUT2D eigenvalue weighted by Gasteiger charge is 2.62. The lowest BCUT2D eigenvalue weighted by molar-refractivity contribution is -0.149. The van der Waals surface area contributed by atoms with Gasteiger partial charge in [-0.05, 0) is 37.5 Å². The number of carbonyl (C=O) groups excluding carboxylic acids is 1. The van der Waals surface area contributed by atoms with E-state index in [9.17, 15) is 34.8 Å². The van der Waals surface area contributed by atoms with Gasteiger partial charge in [0, 0.05) is 0 Å². The smallest absolute Gasteiger partial charge is 0.465 e. The number of nitrogens with zero attached hydrogens (tertiary/aromatic N) is 1. The topological polar surface area (TPSA) is 118 Å². The second-order valence-corrected chi connectivity index (χ2v) is 9.29. The van der Waals surface area contributed by atoms with E-state index in [1.165, 1.54) is 0 Å². The van der Waals surface area contributed by atoms with Crippen molar-refractivity contribution in [2.45, 2.75) is 37.3 Å². The van der Waals surface area contributed by atoms with Crippen molar-refractivity contribution < 1.29 is 43.7 Å². The van der Waals surface area contributed by atoms with E-state index >= 15 is 0 Å². The number of rotatable bonds is 4. The van der Waals surface area contributed by atoms with Crippen molar-refractivity contribution in [1.29, 1.82) is 0 Å². The van der Waals surface area contributed by atoms with Gasteiger partial charge in [0.25, 0.3) is 0 Å². The van der Waals surface area contributed by atoms with Crippen LogP contribution < -0.4 is 0 Å². The van der Waals surface area contributed by atoms with E-state index in [1.807, 2.05) is 4.13 Å². The molecule has 4 unspecified atom stereocenters. The lowest BCUT2D eigenvalue weighted by Gasteiger charge is -2.34. The van der Waals surface area contributed by atoms with Gasteiger partial charge in [-0.1, -0.05) is 0 Å². The van der Waals surface area contributed by atoms with E-state index in [-0.39, 0.29) is 30.8 Å². The predicted molar refractivity (Wildman–Crippen MR) is 71.0 cm³/mol. The predicted octanol–water partition coefficient (Wildman–Crippen LogP) is 1.20. The average Bonchev–Trinajstić information content (AvgIpc) is 3.03. The molecule has 0 aromatic rings. The lowest BCUT2D eigenvalue weighted by Crippen LogP contribution is -2.38. The average molecular weight is 392 g/mol. The summed E-state index contributed by atoms with van der Waals surface area (Å²) < 4.78 is 92.8. The van der Waals surface area contributed by atoms with Gasteiger partial charge in [-0.25, -0.2) is 16.8 Å². The number of esters is 1. The first-order chi connectivity index (χ1) is 10.9. The molecule has 0 radical (unpaired) electrons. The van der Waals surface area contributed by atoms with Crippen LogP contribution in [0.15, 0.2) is 0 Å². The molecule has 3 fully saturated rings. The van der Waals surface area contributed by atoms with E-state index in [4.69, 9.17) is 4.74 Å². The second-order valence-electron chi connectivity index (χ2n) is 6.23. The van der Waals surface area contributed by atoms with Crippen molar-refractivity contribution in [3.05, 3.63) is 4.13 Å². The Bertz CT molecular complexity index is 763. The van der Waals surface area contributed by atoms with Gasteiger partial charge in [-0.15, -0.1) is 0 Å². The molecule has 24 heavy (non-hydrogen) atoms. The van der Waals surface area contributed by atoms with E-state index in [2.05, 4.69) is 4.18 Å². The number of alkyl halides is 3. The number of ether oxygens (including phenoxy) is 1. The van der Waals surface area contributed by atoms with Crippen LogP contribution in [0.2, 0.25) is 0 Å². The standard InChI is InChI=1S/C11H13F3NO7S2/c12-11(13,14)23(17,18)15-24(19,20)22-8-4-7-3-6(8)5-10(7)1-2-21-9(10)16/h6-8H,1-5H2/q-1. The number of halogens is 3. The van der Waals surface area contributed by atoms with Gasteiger partial charge < -0.3 is 8.86 Å². The maximum atomic E-state index is 12.2. The largest absolute Gasteiger partial charge is 0.480 e. The van der Waals surface area contributed by atoms with Crippen molar-refractivity contribution in [2.24, 2.45) is 17.3 Å². The number of carbonyl (C=O) groups is 1. The Hall–Kier alpha value is -0.920. The van der Waals surface area contributed by atoms with Crippen molar-refractivity contribution in [3.8, 4) is 0 Å². The summed E-state index contributed by atoms with van der Waals surface area (Å²) in [4.78, 5) is 11.9. The molecule has 0 N–H and O–H groups in total. The van der Waals surface area contributed by atoms with E-state index < -0.39 is 37.4 Å². The molecule has 138 valence electrons. The summed E-state index contributed by atoms with van der Waals surface area (Å²) in [6.45, 7) is 0.283. The maximum Gasteiger partial charge on any atom is 0.480 e. The van der Waals surface area contributed by atoms with E-state index in [0.717, 1.165) is 0 Å². The zero-order chi connectivity index (χ0) is 18.0. The van der Waals surface area contributed by atoms with Crippen molar-refractivity contribution in [3.63, 3.8) is 0 Å². The van der Waals surface area contributed by atoms with Crippen LogP contribution in [0, 0.1) is 17.3 Å². The number of cyclic esters (lactones) is 1. The Kier molecular flexibility index (Phi) is 3.94. The molecule has 2 saturated carbocycles. The third kappa shape index (κ3) is 2.80. The molecule has 3 rings (SSSR count). The summed E-state index contributed by atoms with van der Waals surface area (Å²) in [5, 5.41) is 0. The van der Waals surface area contributed by atoms with Gasteiger partial charge in [0.05, 0.1) is 18.1 Å². The molecule has 1 heterocycles. The van der Waals surface area contributed by atoms with Crippen LogP contribution >= 0.6 is 0 Å². The molecule has 1 aliphatic heterocycles. The molecule has 2 bridgehead atoms. The second kappa shape index (κ2) is 5.29. The minimum Gasteiger partial charge on any atom is -0.465 e. The van der Waals surface area contributed by atoms with Gasteiger partial charge in [-0.3, -0.25) is 8.98 Å². The van der Waals surface area contributed by atoms with Crippen molar-refractivity contribution in [1.82, 2.24) is 0 Å². The number of sulfonamides is 1. The summed E-state index contributed by atoms with van der Waals surface area (Å²) in [7, 11) is -11.5. The minimum absolute atomic E-state index is 0.126. The summed E-state index contributed by atoms with van der Waals surface area (Å²) in [6, 6.07) is 0. The third-order valence-corrected chi connectivity index (χ3v) is 7.54. The Morgan fingerprint density at radius 3 is 2.33 bits per heavy atom. The number of fused-ring (bicyclic) bond motifs is 3. The molecular weight excluding hydrogens is 379 g/mol. The fourth-order valence-electron chi connectivity index (χ4n) is 3.97. The number of hydrogen-bond donors (Lipinski definition) is 0. The summed E-state index contributed by atoms with van der Waals surface area (Å²) in [5.74, 6) is -0.920. The fourth-order valence-corrected chi connectivity index (χ4v) is 5.96. The zero-order valence-corrected chi connectivity index (χ0v) is 13.7. The number of hydrogen-bond acceptors (Lipinski definition) is 7. The lowest BCUT2D eigenvalue weighted by atomic mass is 9.71. The van der Waals surface area contributed by atoms with Crippen LogP contribution in [-0.4, -0.2) is 41.0 Å². The Balaban J connectivity index is 1.68. The maximum absolute atomic E-state index is 12.2. The van der Waals surface area contributed by atoms with E-state index in [0.29, 0.717) is 19.3 Å². The molecular formula is C11H13F3NO7S2-. The van der Waals surface area contributed by atoms with Crippen molar-refractivity contribution in [2.75, 3.05) is 6.61 Å². The minimum atomic E-state index is -6.20. The van der Waals surface area contributed by atoms with Gasteiger partial charge in [0.2, 0.25) is 10.3 Å². The van der Waals surface area contributed by atoms with Crippen LogP contribution in [0.4, 0.5) is 13.2 Å². The summed E-state index contributed by atoms with van der Waals surface area (Å²) in [6.07, 6.45) is 0.426. The van der Waals surface area contributed by atoms with Gasteiger partial charge in [0.15, 0.2) is 10.0 Å². The Morgan fingerprint density at radius 2 is 1.88 bits per heavy atom. The normalized spacial score (nSPS) is 36.5. The van der Waals surface area contributed by atoms with Gasteiger partial charge >= 0.3 is 11.5 Å². The molecule has 4 atom stereocenters. The first kappa shape index (κ1) is 17.9.